The maximum Gasteiger partial charge on any atom is 0.240 e. The summed E-state index contributed by atoms with van der Waals surface area (Å²) in [5.41, 5.74) is 1.16. The van der Waals surface area contributed by atoms with Gasteiger partial charge in [-0.15, -0.1) is 10.2 Å². The van der Waals surface area contributed by atoms with Crippen molar-refractivity contribution in [2.75, 3.05) is 25.5 Å². The Morgan fingerprint density at radius 3 is 2.65 bits per heavy atom. The van der Waals surface area contributed by atoms with Crippen LogP contribution in [-0.2, 0) is 10.2 Å². The lowest BCUT2D eigenvalue weighted by Gasteiger charge is -2.24. The Hall–Kier alpha value is -1.99. The van der Waals surface area contributed by atoms with Crippen molar-refractivity contribution in [2.45, 2.75) is 45.1 Å². The fourth-order valence-electron chi connectivity index (χ4n) is 3.14. The first-order valence-electron chi connectivity index (χ1n) is 8.88. The average molecular weight is 375 g/mol. The number of carbonyl (C=O) groups is 1. The number of hydrogen-bond donors (Lipinski definition) is 1. The van der Waals surface area contributed by atoms with Crippen LogP contribution in [0.4, 0.5) is 5.13 Å². The maximum absolute atomic E-state index is 12.5. The van der Waals surface area contributed by atoms with Crippen LogP contribution >= 0.6 is 11.3 Å². The number of anilines is 1. The Balaban J connectivity index is 1.61. The maximum atomic E-state index is 12.5. The van der Waals surface area contributed by atoms with Gasteiger partial charge in [0.2, 0.25) is 11.0 Å². The van der Waals surface area contributed by atoms with E-state index in [0.29, 0.717) is 11.7 Å². The van der Waals surface area contributed by atoms with E-state index in [1.165, 1.54) is 16.9 Å². The highest BCUT2D eigenvalue weighted by Crippen LogP contribution is 2.33. The molecule has 0 saturated carbocycles. The molecule has 2 heterocycles. The number of likely N-dealkylation sites (tertiary alicyclic amines) is 1. The number of methoxy groups -OCH3 is 1. The van der Waals surface area contributed by atoms with Crippen molar-refractivity contribution in [1.82, 2.24) is 15.1 Å². The summed E-state index contributed by atoms with van der Waals surface area (Å²) in [5, 5.41) is 12.7. The minimum atomic E-state index is -0.0605. The molecule has 140 valence electrons. The fourth-order valence-corrected chi connectivity index (χ4v) is 3.96. The standard InChI is InChI=1S/C19H26N4O2S/c1-19(2,3)17-21-22-18(26-17)20-16(24)12-23-11-5-6-15(23)13-7-9-14(25-4)10-8-13/h7-10,15H,5-6,11-12H2,1-4H3,(H,20,22,24)/t15-/m0/s1. The lowest BCUT2D eigenvalue weighted by Crippen LogP contribution is -2.32. The molecule has 26 heavy (non-hydrogen) atoms. The van der Waals surface area contributed by atoms with Gasteiger partial charge < -0.3 is 4.74 Å². The molecule has 1 aromatic carbocycles. The first-order chi connectivity index (χ1) is 12.4. The fraction of sp³-hybridized carbons (Fsp3) is 0.526. The van der Waals surface area contributed by atoms with Gasteiger partial charge in [0.15, 0.2) is 0 Å². The van der Waals surface area contributed by atoms with Crippen LogP contribution in [0.25, 0.3) is 0 Å². The third kappa shape index (κ3) is 4.40. The molecule has 1 amide bonds. The topological polar surface area (TPSA) is 67.3 Å². The van der Waals surface area contributed by atoms with Crippen molar-refractivity contribution in [2.24, 2.45) is 0 Å². The quantitative estimate of drug-likeness (QED) is 0.866. The van der Waals surface area contributed by atoms with Gasteiger partial charge in [-0.1, -0.05) is 44.2 Å². The SMILES string of the molecule is COc1ccc([C@@H]2CCCN2CC(=O)Nc2nnc(C(C)(C)C)s2)cc1. The Morgan fingerprint density at radius 1 is 1.31 bits per heavy atom. The van der Waals surface area contributed by atoms with Gasteiger partial charge in [-0.3, -0.25) is 15.0 Å². The predicted octanol–water partition coefficient (Wildman–Crippen LogP) is 3.62. The van der Waals surface area contributed by atoms with E-state index >= 15 is 0 Å². The van der Waals surface area contributed by atoms with E-state index in [-0.39, 0.29) is 17.4 Å². The number of ether oxygens (including phenoxy) is 1. The molecule has 0 aliphatic carbocycles. The van der Waals surface area contributed by atoms with Crippen LogP contribution in [0.1, 0.15) is 50.2 Å². The van der Waals surface area contributed by atoms with E-state index in [9.17, 15) is 4.79 Å². The molecular formula is C19H26N4O2S. The number of benzene rings is 1. The van der Waals surface area contributed by atoms with Crippen LogP contribution in [0.3, 0.4) is 0 Å². The van der Waals surface area contributed by atoms with Crippen LogP contribution in [0.2, 0.25) is 0 Å². The van der Waals surface area contributed by atoms with Gasteiger partial charge in [-0.25, -0.2) is 0 Å². The molecular weight excluding hydrogens is 348 g/mol. The lowest BCUT2D eigenvalue weighted by atomic mass is 9.98. The summed E-state index contributed by atoms with van der Waals surface area (Å²) in [5.74, 6) is 0.809. The van der Waals surface area contributed by atoms with E-state index in [1.54, 1.807) is 7.11 Å². The minimum absolute atomic E-state index is 0.0398. The summed E-state index contributed by atoms with van der Waals surface area (Å²) in [4.78, 5) is 14.7. The van der Waals surface area contributed by atoms with E-state index in [1.807, 2.05) is 12.1 Å². The molecule has 0 bridgehead atoms. The van der Waals surface area contributed by atoms with Gasteiger partial charge in [0.05, 0.1) is 13.7 Å². The number of nitrogens with zero attached hydrogens (tertiary/aromatic N) is 3. The molecule has 2 aromatic rings. The van der Waals surface area contributed by atoms with Gasteiger partial charge in [0.1, 0.15) is 10.8 Å². The molecule has 1 aliphatic heterocycles. The van der Waals surface area contributed by atoms with E-state index in [0.717, 1.165) is 30.1 Å². The summed E-state index contributed by atoms with van der Waals surface area (Å²) in [6.45, 7) is 7.54. The largest absolute Gasteiger partial charge is 0.497 e. The highest BCUT2D eigenvalue weighted by atomic mass is 32.1. The molecule has 1 aliphatic rings. The van der Waals surface area contributed by atoms with Crippen molar-refractivity contribution >= 4 is 22.4 Å². The zero-order chi connectivity index (χ0) is 18.7. The Labute approximate surface area is 158 Å². The van der Waals surface area contributed by atoms with Crippen molar-refractivity contribution in [3.05, 3.63) is 34.8 Å². The molecule has 1 fully saturated rings. The molecule has 3 rings (SSSR count). The van der Waals surface area contributed by atoms with Crippen molar-refractivity contribution in [3.63, 3.8) is 0 Å². The van der Waals surface area contributed by atoms with Crippen LogP contribution in [0.15, 0.2) is 24.3 Å². The molecule has 0 unspecified atom stereocenters. The summed E-state index contributed by atoms with van der Waals surface area (Å²) in [7, 11) is 1.67. The van der Waals surface area contributed by atoms with Crippen molar-refractivity contribution in [3.8, 4) is 5.75 Å². The highest BCUT2D eigenvalue weighted by Gasteiger charge is 2.28. The Bertz CT molecular complexity index is 752. The zero-order valence-corrected chi connectivity index (χ0v) is 16.6. The molecule has 0 spiro atoms. The predicted molar refractivity (Wildman–Crippen MR) is 104 cm³/mol. The van der Waals surface area contributed by atoms with Gasteiger partial charge >= 0.3 is 0 Å². The molecule has 1 saturated heterocycles. The van der Waals surface area contributed by atoms with Crippen molar-refractivity contribution in [1.29, 1.82) is 0 Å². The summed E-state index contributed by atoms with van der Waals surface area (Å²) >= 11 is 1.44. The Morgan fingerprint density at radius 2 is 2.04 bits per heavy atom. The highest BCUT2D eigenvalue weighted by molar-refractivity contribution is 7.15. The monoisotopic (exact) mass is 374 g/mol. The number of hydrogen-bond acceptors (Lipinski definition) is 6. The van der Waals surface area contributed by atoms with Crippen molar-refractivity contribution < 1.29 is 9.53 Å². The number of amides is 1. The summed E-state index contributed by atoms with van der Waals surface area (Å²) < 4.78 is 5.23. The van der Waals surface area contributed by atoms with Gasteiger partial charge in [-0.05, 0) is 37.1 Å². The summed E-state index contributed by atoms with van der Waals surface area (Å²) in [6.07, 6.45) is 2.16. The zero-order valence-electron chi connectivity index (χ0n) is 15.8. The van der Waals surface area contributed by atoms with Gasteiger partial charge in [0, 0.05) is 11.5 Å². The lowest BCUT2D eigenvalue weighted by molar-refractivity contribution is -0.117. The minimum Gasteiger partial charge on any atom is -0.497 e. The third-order valence-electron chi connectivity index (χ3n) is 4.52. The normalized spacial score (nSPS) is 18.1. The van der Waals surface area contributed by atoms with E-state index in [2.05, 4.69) is 53.3 Å². The molecule has 1 N–H and O–H groups in total. The number of rotatable bonds is 5. The van der Waals surface area contributed by atoms with Crippen LogP contribution in [0, 0.1) is 0 Å². The number of nitrogens with one attached hydrogen (secondary N) is 1. The second kappa shape index (κ2) is 7.72. The first kappa shape index (κ1) is 18.8. The van der Waals surface area contributed by atoms with Gasteiger partial charge in [-0.2, -0.15) is 0 Å². The van der Waals surface area contributed by atoms with Gasteiger partial charge in [0.25, 0.3) is 0 Å². The number of aromatic nitrogens is 2. The number of carbonyl (C=O) groups excluding carboxylic acids is 1. The first-order valence-corrected chi connectivity index (χ1v) is 9.70. The van der Waals surface area contributed by atoms with E-state index in [4.69, 9.17) is 4.74 Å². The molecule has 1 aromatic heterocycles. The van der Waals surface area contributed by atoms with E-state index < -0.39 is 0 Å². The Kier molecular flexibility index (Phi) is 5.58. The average Bonchev–Trinajstić information content (AvgIpc) is 3.24. The molecule has 7 heteroatoms. The van der Waals surface area contributed by atoms with Crippen LogP contribution < -0.4 is 10.1 Å². The summed E-state index contributed by atoms with van der Waals surface area (Å²) in [6, 6.07) is 8.38. The molecule has 6 nitrogen and oxygen atoms in total. The van der Waals surface area contributed by atoms with Crippen LogP contribution in [-0.4, -0.2) is 41.2 Å². The second-order valence-electron chi connectivity index (χ2n) is 7.61. The third-order valence-corrected chi connectivity index (χ3v) is 5.79. The second-order valence-corrected chi connectivity index (χ2v) is 8.59. The smallest absolute Gasteiger partial charge is 0.240 e. The molecule has 1 atom stereocenters. The molecule has 0 radical (unpaired) electrons. The van der Waals surface area contributed by atoms with Crippen LogP contribution in [0.5, 0.6) is 5.75 Å².